The van der Waals surface area contributed by atoms with Gasteiger partial charge < -0.3 is 9.30 Å². The smallest absolute Gasteiger partial charge is 0.123 e. The molecule has 1 aliphatic rings. The quantitative estimate of drug-likeness (QED) is 0.665. The molecular formula is C22H25FN2O. The highest BCUT2D eigenvalue weighted by molar-refractivity contribution is 5.81. The number of rotatable bonds is 6. The summed E-state index contributed by atoms with van der Waals surface area (Å²) < 4.78 is 20.8. The van der Waals surface area contributed by atoms with Crippen molar-refractivity contribution in [2.24, 2.45) is 0 Å². The molecule has 1 aliphatic heterocycles. The summed E-state index contributed by atoms with van der Waals surface area (Å²) in [5.74, 6) is -0.186. The molecule has 0 aliphatic carbocycles. The lowest BCUT2D eigenvalue weighted by molar-refractivity contribution is 0.0375. The lowest BCUT2D eigenvalue weighted by Crippen LogP contribution is -2.36. The van der Waals surface area contributed by atoms with E-state index >= 15 is 0 Å². The van der Waals surface area contributed by atoms with Crippen molar-refractivity contribution in [2.45, 2.75) is 19.4 Å². The van der Waals surface area contributed by atoms with Gasteiger partial charge in [0.15, 0.2) is 0 Å². The Labute approximate surface area is 154 Å². The summed E-state index contributed by atoms with van der Waals surface area (Å²) in [7, 11) is 0. The molecule has 2 aromatic carbocycles. The van der Waals surface area contributed by atoms with Crippen molar-refractivity contribution >= 4 is 10.9 Å². The molecule has 4 rings (SSSR count). The Morgan fingerprint density at radius 2 is 1.69 bits per heavy atom. The maximum Gasteiger partial charge on any atom is 0.123 e. The molecule has 0 bridgehead atoms. The fourth-order valence-electron chi connectivity index (χ4n) is 3.64. The van der Waals surface area contributed by atoms with E-state index in [-0.39, 0.29) is 5.82 Å². The molecule has 1 saturated heterocycles. The monoisotopic (exact) mass is 352 g/mol. The normalized spacial score (nSPS) is 15.6. The van der Waals surface area contributed by atoms with Crippen molar-refractivity contribution in [3.8, 4) is 0 Å². The second kappa shape index (κ2) is 8.02. The molecule has 136 valence electrons. The van der Waals surface area contributed by atoms with Gasteiger partial charge >= 0.3 is 0 Å². The van der Waals surface area contributed by atoms with Crippen LogP contribution in [-0.2, 0) is 17.7 Å². The summed E-state index contributed by atoms with van der Waals surface area (Å²) in [5.41, 5.74) is 3.74. The molecule has 0 N–H and O–H groups in total. The predicted octanol–water partition coefficient (Wildman–Crippen LogP) is 4.09. The van der Waals surface area contributed by atoms with Gasteiger partial charge in [-0.05, 0) is 60.2 Å². The van der Waals surface area contributed by atoms with Crippen molar-refractivity contribution in [2.75, 3.05) is 32.8 Å². The second-order valence-corrected chi connectivity index (χ2v) is 7.02. The van der Waals surface area contributed by atoms with Gasteiger partial charge in [-0.25, -0.2) is 4.39 Å². The van der Waals surface area contributed by atoms with Gasteiger partial charge in [0, 0.05) is 31.3 Å². The Morgan fingerprint density at radius 3 is 2.50 bits per heavy atom. The molecule has 0 saturated carbocycles. The molecule has 0 unspecified atom stereocenters. The summed E-state index contributed by atoms with van der Waals surface area (Å²) in [6.45, 7) is 5.74. The molecule has 0 atom stereocenters. The first-order chi connectivity index (χ1) is 12.8. The van der Waals surface area contributed by atoms with E-state index in [9.17, 15) is 4.39 Å². The maximum absolute atomic E-state index is 13.1. The topological polar surface area (TPSA) is 17.4 Å². The van der Waals surface area contributed by atoms with Crippen molar-refractivity contribution in [1.82, 2.24) is 9.47 Å². The second-order valence-electron chi connectivity index (χ2n) is 7.02. The molecular weight excluding hydrogens is 327 g/mol. The summed E-state index contributed by atoms with van der Waals surface area (Å²) >= 11 is 0. The number of aromatic nitrogens is 1. The number of benzene rings is 2. The Kier molecular flexibility index (Phi) is 5.32. The largest absolute Gasteiger partial charge is 0.379 e. The van der Waals surface area contributed by atoms with Crippen molar-refractivity contribution in [3.63, 3.8) is 0 Å². The number of halogens is 1. The highest BCUT2D eigenvalue weighted by atomic mass is 19.1. The predicted molar refractivity (Wildman–Crippen MR) is 103 cm³/mol. The van der Waals surface area contributed by atoms with Gasteiger partial charge in [-0.2, -0.15) is 0 Å². The average molecular weight is 352 g/mol. The minimum absolute atomic E-state index is 0.186. The average Bonchev–Trinajstić information content (AvgIpc) is 3.07. The van der Waals surface area contributed by atoms with E-state index in [1.807, 2.05) is 12.1 Å². The molecule has 4 heteroatoms. The van der Waals surface area contributed by atoms with E-state index in [1.165, 1.54) is 35.0 Å². The van der Waals surface area contributed by atoms with Crippen LogP contribution in [0.5, 0.6) is 0 Å². The van der Waals surface area contributed by atoms with Crippen LogP contribution < -0.4 is 0 Å². The lowest BCUT2D eigenvalue weighted by Gasteiger charge is -2.26. The Hall–Kier alpha value is -2.17. The summed E-state index contributed by atoms with van der Waals surface area (Å²) in [6, 6.07) is 15.7. The van der Waals surface area contributed by atoms with Crippen LogP contribution in [0.25, 0.3) is 10.9 Å². The Balaban J connectivity index is 1.43. The van der Waals surface area contributed by atoms with Gasteiger partial charge in [0.2, 0.25) is 0 Å². The summed E-state index contributed by atoms with van der Waals surface area (Å²) in [5, 5.41) is 1.25. The third-order valence-corrected chi connectivity index (χ3v) is 5.15. The zero-order valence-corrected chi connectivity index (χ0v) is 15.0. The van der Waals surface area contributed by atoms with E-state index in [2.05, 4.69) is 39.9 Å². The molecule has 3 nitrogen and oxygen atoms in total. The number of ether oxygens (including phenoxy) is 1. The Morgan fingerprint density at radius 1 is 0.923 bits per heavy atom. The van der Waals surface area contributed by atoms with Crippen LogP contribution in [0.3, 0.4) is 0 Å². The number of hydrogen-bond acceptors (Lipinski definition) is 2. The summed E-state index contributed by atoms with van der Waals surface area (Å²) in [4.78, 5) is 2.49. The standard InChI is InChI=1S/C22H25FN2O/c23-21-7-4-19(5-8-21)17-25-11-9-20-6-3-18(16-22(20)25)2-1-10-24-12-14-26-15-13-24/h3-9,11,16H,1-2,10,12-15,17H2. The van der Waals surface area contributed by atoms with Gasteiger partial charge in [0.25, 0.3) is 0 Å². The van der Waals surface area contributed by atoms with Crippen molar-refractivity contribution in [1.29, 1.82) is 0 Å². The van der Waals surface area contributed by atoms with E-state index in [4.69, 9.17) is 4.74 Å². The highest BCUT2D eigenvalue weighted by Gasteiger charge is 2.10. The molecule has 0 amide bonds. The van der Waals surface area contributed by atoms with E-state index < -0.39 is 0 Å². The van der Waals surface area contributed by atoms with Crippen LogP contribution in [0.15, 0.2) is 54.7 Å². The van der Waals surface area contributed by atoms with Crippen molar-refractivity contribution in [3.05, 3.63) is 71.7 Å². The first kappa shape index (κ1) is 17.3. The Bertz CT molecular complexity index is 850. The van der Waals surface area contributed by atoms with Crippen LogP contribution in [0, 0.1) is 5.82 Å². The molecule has 1 aromatic heterocycles. The van der Waals surface area contributed by atoms with Gasteiger partial charge in [-0.1, -0.05) is 24.3 Å². The van der Waals surface area contributed by atoms with Gasteiger partial charge in [-0.3, -0.25) is 4.90 Å². The zero-order chi connectivity index (χ0) is 17.8. The van der Waals surface area contributed by atoms with Gasteiger partial charge in [0.1, 0.15) is 5.82 Å². The van der Waals surface area contributed by atoms with Crippen LogP contribution in [0.2, 0.25) is 0 Å². The molecule has 2 heterocycles. The van der Waals surface area contributed by atoms with E-state index in [0.29, 0.717) is 0 Å². The van der Waals surface area contributed by atoms with Gasteiger partial charge in [0.05, 0.1) is 13.2 Å². The van der Waals surface area contributed by atoms with Crippen molar-refractivity contribution < 1.29 is 9.13 Å². The SMILES string of the molecule is Fc1ccc(Cn2ccc3ccc(CCCN4CCOCC4)cc32)cc1. The summed E-state index contributed by atoms with van der Waals surface area (Å²) in [6.07, 6.45) is 4.38. The molecule has 0 radical (unpaired) electrons. The fraction of sp³-hybridized carbons (Fsp3) is 0.364. The van der Waals surface area contributed by atoms with Crippen LogP contribution in [0.1, 0.15) is 17.5 Å². The number of morpholine rings is 1. The van der Waals surface area contributed by atoms with Crippen LogP contribution >= 0.6 is 0 Å². The number of aryl methyl sites for hydroxylation is 1. The first-order valence-electron chi connectivity index (χ1n) is 9.40. The number of fused-ring (bicyclic) bond motifs is 1. The third-order valence-electron chi connectivity index (χ3n) is 5.15. The molecule has 3 aromatic rings. The molecule has 26 heavy (non-hydrogen) atoms. The molecule has 1 fully saturated rings. The number of hydrogen-bond donors (Lipinski definition) is 0. The molecule has 0 spiro atoms. The van der Waals surface area contributed by atoms with Gasteiger partial charge in [-0.15, -0.1) is 0 Å². The maximum atomic E-state index is 13.1. The van der Waals surface area contributed by atoms with E-state index in [1.54, 1.807) is 0 Å². The van der Waals surface area contributed by atoms with Crippen LogP contribution in [0.4, 0.5) is 4.39 Å². The number of nitrogens with zero attached hydrogens (tertiary/aromatic N) is 2. The third kappa shape index (κ3) is 4.14. The highest BCUT2D eigenvalue weighted by Crippen LogP contribution is 2.20. The fourth-order valence-corrected chi connectivity index (χ4v) is 3.64. The lowest BCUT2D eigenvalue weighted by atomic mass is 10.1. The van der Waals surface area contributed by atoms with Crippen LogP contribution in [-0.4, -0.2) is 42.3 Å². The first-order valence-corrected chi connectivity index (χ1v) is 9.40. The minimum atomic E-state index is -0.186. The minimum Gasteiger partial charge on any atom is -0.379 e. The zero-order valence-electron chi connectivity index (χ0n) is 15.0. The van der Waals surface area contributed by atoms with E-state index in [0.717, 1.165) is 51.4 Å².